The standard InChI is InChI=1S/C26H30Cl2N6O4S/c1-17(2)38-26(35)34(12-11-32(3)4)25-8-7-24(29-30-25)33-10-9-18-13-21(5-6-23(18)33)31-39(36,37)22-15-19(27)14-20(28)16-22/h5-8,13-15,22,31H,1,9-12,16H2,2-4H3. The third-order valence-corrected chi connectivity index (χ3v) is 8.23. The molecule has 2 aliphatic rings. The second-order valence-corrected chi connectivity index (χ2v) is 12.4. The van der Waals surface area contributed by atoms with Gasteiger partial charge in [-0.05, 0) is 75.5 Å². The Labute approximate surface area is 238 Å². The van der Waals surface area contributed by atoms with Crippen LogP contribution in [-0.2, 0) is 21.2 Å². The first-order chi connectivity index (χ1) is 18.4. The van der Waals surface area contributed by atoms with Crippen LogP contribution in [0.25, 0.3) is 0 Å². The van der Waals surface area contributed by atoms with E-state index in [4.69, 9.17) is 27.9 Å². The van der Waals surface area contributed by atoms with Gasteiger partial charge in [-0.1, -0.05) is 29.8 Å². The summed E-state index contributed by atoms with van der Waals surface area (Å²) in [5.74, 6) is 1.26. The number of carbonyl (C=O) groups is 1. The lowest BCUT2D eigenvalue weighted by atomic mass is 10.1. The van der Waals surface area contributed by atoms with Gasteiger partial charge < -0.3 is 14.5 Å². The first-order valence-corrected chi connectivity index (χ1v) is 14.5. The van der Waals surface area contributed by atoms with Crippen molar-refractivity contribution < 1.29 is 17.9 Å². The first-order valence-electron chi connectivity index (χ1n) is 12.2. The summed E-state index contributed by atoms with van der Waals surface area (Å²) in [6.45, 7) is 6.85. The van der Waals surface area contributed by atoms with Crippen LogP contribution in [0.15, 0.2) is 64.9 Å². The van der Waals surface area contributed by atoms with Crippen molar-refractivity contribution in [2.75, 3.05) is 48.3 Å². The van der Waals surface area contributed by atoms with Gasteiger partial charge in [0.1, 0.15) is 5.25 Å². The van der Waals surface area contributed by atoms with Crippen LogP contribution in [-0.4, -0.2) is 68.6 Å². The highest BCUT2D eigenvalue weighted by molar-refractivity contribution is 7.93. The molecule has 13 heteroatoms. The Morgan fingerprint density at radius 3 is 2.62 bits per heavy atom. The third kappa shape index (κ3) is 7.10. The smallest absolute Gasteiger partial charge is 0.415 e. The van der Waals surface area contributed by atoms with Gasteiger partial charge in [0.2, 0.25) is 10.0 Å². The minimum Gasteiger partial charge on any atom is -0.415 e. The molecule has 0 saturated heterocycles. The van der Waals surface area contributed by atoms with Crippen LogP contribution in [0.3, 0.4) is 0 Å². The topological polar surface area (TPSA) is 108 Å². The SMILES string of the molecule is C=C(C)OC(=O)N(CCN(C)C)c1ccc(N2CCc3cc(NS(=O)(=O)C4C=C(Cl)C=C(Cl)C4)ccc32)nn1. The van der Waals surface area contributed by atoms with E-state index >= 15 is 0 Å². The fourth-order valence-corrected chi connectivity index (χ4v) is 6.36. The maximum Gasteiger partial charge on any atom is 0.420 e. The lowest BCUT2D eigenvalue weighted by Gasteiger charge is -2.23. The van der Waals surface area contributed by atoms with E-state index in [1.165, 1.54) is 11.0 Å². The Morgan fingerprint density at radius 1 is 1.21 bits per heavy atom. The number of nitrogens with zero attached hydrogens (tertiary/aromatic N) is 5. The number of halogens is 2. The number of ether oxygens (including phenoxy) is 1. The van der Waals surface area contributed by atoms with Gasteiger partial charge in [0.15, 0.2) is 11.6 Å². The van der Waals surface area contributed by atoms with Crippen molar-refractivity contribution in [1.82, 2.24) is 15.1 Å². The lowest BCUT2D eigenvalue weighted by Crippen LogP contribution is -2.37. The van der Waals surface area contributed by atoms with E-state index in [9.17, 15) is 13.2 Å². The number of nitrogens with one attached hydrogen (secondary N) is 1. The number of carbonyl (C=O) groups excluding carboxylic acids is 1. The number of sulfonamides is 1. The zero-order valence-electron chi connectivity index (χ0n) is 21.9. The molecule has 0 saturated carbocycles. The number of aromatic nitrogens is 2. The van der Waals surface area contributed by atoms with E-state index in [0.29, 0.717) is 53.4 Å². The number of anilines is 4. The number of amides is 1. The lowest BCUT2D eigenvalue weighted by molar-refractivity contribution is 0.183. The summed E-state index contributed by atoms with van der Waals surface area (Å²) in [6.07, 6.45) is 3.31. The van der Waals surface area contributed by atoms with Gasteiger partial charge >= 0.3 is 6.09 Å². The molecule has 208 valence electrons. The molecule has 1 amide bonds. The summed E-state index contributed by atoms with van der Waals surface area (Å²) < 4.78 is 33.7. The fourth-order valence-electron chi connectivity index (χ4n) is 4.24. The van der Waals surface area contributed by atoms with Crippen molar-refractivity contribution in [1.29, 1.82) is 0 Å². The Bertz CT molecular complexity index is 1430. The predicted octanol–water partition coefficient (Wildman–Crippen LogP) is 4.97. The van der Waals surface area contributed by atoms with Crippen molar-refractivity contribution in [3.05, 3.63) is 70.5 Å². The zero-order chi connectivity index (χ0) is 28.3. The molecular weight excluding hydrogens is 563 g/mol. The normalized spacial score (nSPS) is 16.9. The fraction of sp³-hybridized carbons (Fsp3) is 0.346. The Balaban J connectivity index is 1.49. The number of fused-ring (bicyclic) bond motifs is 1. The highest BCUT2D eigenvalue weighted by Gasteiger charge is 2.29. The summed E-state index contributed by atoms with van der Waals surface area (Å²) in [7, 11) is 0.0749. The molecule has 0 bridgehead atoms. The summed E-state index contributed by atoms with van der Waals surface area (Å²) in [4.78, 5) is 18.0. The van der Waals surface area contributed by atoms with Crippen LogP contribution in [0.1, 0.15) is 18.9 Å². The Kier molecular flexibility index (Phi) is 8.85. The van der Waals surface area contributed by atoms with E-state index in [-0.39, 0.29) is 12.2 Å². The maximum atomic E-state index is 12.9. The monoisotopic (exact) mass is 592 g/mol. The minimum atomic E-state index is -3.75. The van der Waals surface area contributed by atoms with Crippen molar-refractivity contribution in [3.63, 3.8) is 0 Å². The largest absolute Gasteiger partial charge is 0.420 e. The van der Waals surface area contributed by atoms with Gasteiger partial charge in [0.05, 0.1) is 5.76 Å². The number of allylic oxidation sites excluding steroid dienone is 4. The zero-order valence-corrected chi connectivity index (χ0v) is 24.2. The van der Waals surface area contributed by atoms with Crippen molar-refractivity contribution >= 4 is 62.3 Å². The molecule has 1 aromatic heterocycles. The van der Waals surface area contributed by atoms with Gasteiger partial charge in [-0.3, -0.25) is 9.62 Å². The molecule has 10 nitrogen and oxygen atoms in total. The number of benzene rings is 1. The molecule has 0 fully saturated rings. The number of rotatable bonds is 9. The van der Waals surface area contributed by atoms with Crippen LogP contribution in [0, 0.1) is 0 Å². The second kappa shape index (κ2) is 12.0. The second-order valence-electron chi connectivity index (χ2n) is 9.55. The van der Waals surface area contributed by atoms with E-state index in [1.54, 1.807) is 31.2 Å². The van der Waals surface area contributed by atoms with E-state index in [0.717, 1.165) is 11.3 Å². The van der Waals surface area contributed by atoms with Gasteiger partial charge in [0.25, 0.3) is 0 Å². The first kappa shape index (κ1) is 28.9. The minimum absolute atomic E-state index is 0.165. The van der Waals surface area contributed by atoms with E-state index < -0.39 is 21.4 Å². The molecule has 39 heavy (non-hydrogen) atoms. The molecule has 1 atom stereocenters. The molecule has 1 unspecified atom stereocenters. The van der Waals surface area contributed by atoms with E-state index in [2.05, 4.69) is 21.5 Å². The van der Waals surface area contributed by atoms with Crippen LogP contribution < -0.4 is 14.5 Å². The number of likely N-dealkylation sites (N-methyl/N-ethyl adjacent to an activating group) is 1. The quantitative estimate of drug-likeness (QED) is 0.407. The average Bonchev–Trinajstić information content (AvgIpc) is 3.26. The highest BCUT2D eigenvalue weighted by atomic mass is 35.5. The average molecular weight is 594 g/mol. The predicted molar refractivity (Wildman–Crippen MR) is 155 cm³/mol. The molecule has 1 N–H and O–H groups in total. The van der Waals surface area contributed by atoms with Crippen LogP contribution in [0.4, 0.5) is 27.8 Å². The van der Waals surface area contributed by atoms with Gasteiger partial charge in [0, 0.05) is 47.5 Å². The van der Waals surface area contributed by atoms with E-state index in [1.807, 2.05) is 36.0 Å². The molecule has 1 aliphatic heterocycles. The molecular formula is C26H30Cl2N6O4S. The van der Waals surface area contributed by atoms with Crippen LogP contribution >= 0.6 is 23.2 Å². The Hall–Kier alpha value is -3.12. The van der Waals surface area contributed by atoms with Gasteiger partial charge in [-0.2, -0.15) is 0 Å². The molecule has 0 spiro atoms. The summed E-state index contributed by atoms with van der Waals surface area (Å²) in [5.41, 5.74) is 2.33. The molecule has 0 radical (unpaired) electrons. The van der Waals surface area contributed by atoms with Crippen LogP contribution in [0.2, 0.25) is 0 Å². The number of hydrogen-bond donors (Lipinski definition) is 1. The van der Waals surface area contributed by atoms with Crippen LogP contribution in [0.5, 0.6) is 0 Å². The van der Waals surface area contributed by atoms with Crippen molar-refractivity contribution in [2.45, 2.75) is 25.0 Å². The Morgan fingerprint density at radius 2 is 1.97 bits per heavy atom. The van der Waals surface area contributed by atoms with Gasteiger partial charge in [-0.15, -0.1) is 10.2 Å². The molecule has 1 aliphatic carbocycles. The molecule has 2 heterocycles. The molecule has 1 aromatic carbocycles. The summed E-state index contributed by atoms with van der Waals surface area (Å²) in [5, 5.41) is 8.50. The maximum absolute atomic E-state index is 12.9. The van der Waals surface area contributed by atoms with Crippen molar-refractivity contribution in [2.24, 2.45) is 0 Å². The van der Waals surface area contributed by atoms with Gasteiger partial charge in [-0.25, -0.2) is 13.2 Å². The van der Waals surface area contributed by atoms with Crippen molar-refractivity contribution in [3.8, 4) is 0 Å². The number of hydrogen-bond acceptors (Lipinski definition) is 8. The molecule has 4 rings (SSSR count). The summed E-state index contributed by atoms with van der Waals surface area (Å²) >= 11 is 12.1. The third-order valence-electron chi connectivity index (χ3n) is 6.11. The summed E-state index contributed by atoms with van der Waals surface area (Å²) in [6, 6.07) is 8.89. The highest BCUT2D eigenvalue weighted by Crippen LogP contribution is 2.36. The molecule has 2 aromatic rings.